The Morgan fingerprint density at radius 1 is 1.02 bits per heavy atom. The van der Waals surface area contributed by atoms with E-state index in [1.54, 1.807) is 0 Å². The number of allylic oxidation sites excluding steroid dienone is 2. The number of nitro groups is 1. The van der Waals surface area contributed by atoms with E-state index in [2.05, 4.69) is 15.4 Å². The minimum absolute atomic E-state index is 0.0378. The summed E-state index contributed by atoms with van der Waals surface area (Å²) >= 11 is 0. The molecule has 0 saturated heterocycles. The van der Waals surface area contributed by atoms with Crippen LogP contribution in [0.3, 0.4) is 0 Å². The van der Waals surface area contributed by atoms with Crippen LogP contribution in [0.25, 0.3) is 0 Å². The van der Waals surface area contributed by atoms with Crippen LogP contribution in [-0.2, 0) is 19.1 Å². The molecule has 250 valence electrons. The number of esters is 2. The quantitative estimate of drug-likeness (QED) is 0.110. The van der Waals surface area contributed by atoms with Gasteiger partial charge in [0.25, 0.3) is 5.69 Å². The van der Waals surface area contributed by atoms with Crippen molar-refractivity contribution in [1.82, 2.24) is 10.6 Å². The van der Waals surface area contributed by atoms with Gasteiger partial charge in [0.05, 0.1) is 42.8 Å². The number of aliphatic hydroxyl groups excluding tert-OH is 1. The molecule has 0 spiro atoms. The highest BCUT2D eigenvalue weighted by Crippen LogP contribution is 2.46. The van der Waals surface area contributed by atoms with Crippen molar-refractivity contribution in [2.24, 2.45) is 0 Å². The molecular formula is C31H36F3N3O9. The smallest absolute Gasteiger partial charge is 0.431 e. The number of hydrogen-bond donors (Lipinski definition) is 3. The predicted octanol–water partition coefficient (Wildman–Crippen LogP) is 4.21. The first-order valence-corrected chi connectivity index (χ1v) is 14.2. The van der Waals surface area contributed by atoms with Crippen LogP contribution in [0.15, 0.2) is 65.0 Å². The maximum Gasteiger partial charge on any atom is 0.431 e. The number of nitro benzene ring substituents is 1. The van der Waals surface area contributed by atoms with Gasteiger partial charge in [-0.25, -0.2) is 9.59 Å². The highest BCUT2D eigenvalue weighted by molar-refractivity contribution is 6.00. The average molecular weight is 652 g/mol. The molecule has 3 N–H and O–H groups in total. The Morgan fingerprint density at radius 3 is 2.33 bits per heavy atom. The number of dihydropyridines is 1. The number of carbonyl (C=O) groups excluding carboxylic acids is 2. The number of aryl methyl sites for hydroxylation is 1. The fourth-order valence-electron chi connectivity index (χ4n) is 4.85. The lowest BCUT2D eigenvalue weighted by atomic mass is 9.79. The number of carbonyl (C=O) groups is 2. The number of para-hydroxylation sites is 1. The summed E-state index contributed by atoms with van der Waals surface area (Å²) in [6, 6.07) is 10.7. The molecule has 3 rings (SSSR count). The van der Waals surface area contributed by atoms with E-state index in [0.29, 0.717) is 25.1 Å². The molecule has 0 radical (unpaired) electrons. The van der Waals surface area contributed by atoms with Crippen molar-refractivity contribution in [1.29, 1.82) is 0 Å². The highest BCUT2D eigenvalue weighted by Gasteiger charge is 2.48. The minimum Gasteiger partial charge on any atom is -0.493 e. The van der Waals surface area contributed by atoms with Gasteiger partial charge in [0.15, 0.2) is 0 Å². The number of unbranched alkanes of at least 4 members (excludes halogenated alkanes) is 1. The van der Waals surface area contributed by atoms with E-state index < -0.39 is 52.0 Å². The van der Waals surface area contributed by atoms with Gasteiger partial charge in [0.2, 0.25) is 0 Å². The Balaban J connectivity index is 1.77. The summed E-state index contributed by atoms with van der Waals surface area (Å²) in [4.78, 5) is 36.6. The van der Waals surface area contributed by atoms with Gasteiger partial charge in [0.1, 0.15) is 29.9 Å². The number of ether oxygens (including phenoxy) is 4. The Hall–Kier alpha value is -4.63. The Morgan fingerprint density at radius 2 is 1.70 bits per heavy atom. The summed E-state index contributed by atoms with van der Waals surface area (Å²) in [6.45, 7) is 3.98. The van der Waals surface area contributed by atoms with E-state index >= 15 is 0 Å². The second-order valence-corrected chi connectivity index (χ2v) is 10.3. The molecule has 0 amide bonds. The van der Waals surface area contributed by atoms with E-state index in [1.807, 2.05) is 31.2 Å². The third-order valence-electron chi connectivity index (χ3n) is 7.08. The van der Waals surface area contributed by atoms with Crippen molar-refractivity contribution in [2.45, 2.75) is 44.9 Å². The van der Waals surface area contributed by atoms with Gasteiger partial charge >= 0.3 is 18.1 Å². The molecule has 0 unspecified atom stereocenters. The Kier molecular flexibility index (Phi) is 12.5. The Bertz CT molecular complexity index is 1490. The number of methoxy groups -OCH3 is 2. The normalized spacial score (nSPS) is 15.6. The molecule has 0 aromatic heterocycles. The van der Waals surface area contributed by atoms with Gasteiger partial charge in [-0.1, -0.05) is 18.2 Å². The van der Waals surface area contributed by atoms with E-state index in [-0.39, 0.29) is 42.3 Å². The first-order chi connectivity index (χ1) is 21.8. The number of nitrogens with zero attached hydrogens (tertiary/aromatic N) is 1. The average Bonchev–Trinajstić information content (AvgIpc) is 3.02. The summed E-state index contributed by atoms with van der Waals surface area (Å²) in [7, 11) is 1.88. The third kappa shape index (κ3) is 8.97. The number of benzene rings is 2. The molecule has 12 nitrogen and oxygen atoms in total. The molecular weight excluding hydrogens is 615 g/mol. The lowest BCUT2D eigenvalue weighted by Gasteiger charge is -2.32. The maximum absolute atomic E-state index is 14.2. The largest absolute Gasteiger partial charge is 0.493 e. The summed E-state index contributed by atoms with van der Waals surface area (Å²) in [5.74, 6) is -3.65. The molecule has 46 heavy (non-hydrogen) atoms. The van der Waals surface area contributed by atoms with Crippen molar-refractivity contribution in [3.8, 4) is 11.5 Å². The van der Waals surface area contributed by atoms with Crippen molar-refractivity contribution in [2.75, 3.05) is 40.5 Å². The zero-order chi connectivity index (χ0) is 34.0. The number of rotatable bonds is 15. The van der Waals surface area contributed by atoms with Crippen LogP contribution in [-0.4, -0.2) is 74.8 Å². The van der Waals surface area contributed by atoms with Crippen LogP contribution < -0.4 is 20.1 Å². The molecule has 0 bridgehead atoms. The molecule has 0 saturated carbocycles. The standard InChI is InChI=1S/C31H36F3N3O9/c1-18-9-5-6-10-23(18)46-17-21(38)16-35-13-7-8-14-45-24-12-11-20(37(41)42)15-22(24)26-25(29(39)43-3)19(2)36-28(31(32,33)34)27(26)30(40)44-4/h5-6,9-12,15,21,26,35-36,38H,7-8,13-14,16-17H2,1-4H3/t21-,26+/m0/s1. The van der Waals surface area contributed by atoms with E-state index in [4.69, 9.17) is 14.2 Å². The van der Waals surface area contributed by atoms with E-state index in [0.717, 1.165) is 31.9 Å². The van der Waals surface area contributed by atoms with Crippen molar-refractivity contribution in [3.05, 3.63) is 86.2 Å². The molecule has 0 aliphatic carbocycles. The van der Waals surface area contributed by atoms with E-state index in [1.165, 1.54) is 13.0 Å². The van der Waals surface area contributed by atoms with Crippen molar-refractivity contribution < 1.29 is 51.7 Å². The summed E-state index contributed by atoms with van der Waals surface area (Å²) in [5, 5.41) is 27.0. The fraction of sp³-hybridized carbons (Fsp3) is 0.419. The van der Waals surface area contributed by atoms with Crippen LogP contribution in [0.1, 0.15) is 36.8 Å². The van der Waals surface area contributed by atoms with Crippen LogP contribution in [0, 0.1) is 17.0 Å². The monoisotopic (exact) mass is 651 g/mol. The molecule has 1 aliphatic rings. The summed E-state index contributed by atoms with van der Waals surface area (Å²) in [5.41, 5.74) is -2.90. The third-order valence-corrected chi connectivity index (χ3v) is 7.08. The van der Waals surface area contributed by atoms with Crippen molar-refractivity contribution in [3.63, 3.8) is 0 Å². The number of halogens is 3. The van der Waals surface area contributed by atoms with Crippen molar-refractivity contribution >= 4 is 17.6 Å². The van der Waals surface area contributed by atoms with Crippen LogP contribution in [0.4, 0.5) is 18.9 Å². The molecule has 2 aromatic rings. The second kappa shape index (κ2) is 16.1. The summed E-state index contributed by atoms with van der Waals surface area (Å²) < 4.78 is 63.5. The van der Waals surface area contributed by atoms with Gasteiger partial charge in [-0.15, -0.1) is 0 Å². The molecule has 2 aromatic carbocycles. The van der Waals surface area contributed by atoms with Gasteiger partial charge in [-0.3, -0.25) is 10.1 Å². The topological polar surface area (TPSA) is 158 Å². The molecule has 15 heteroatoms. The molecule has 1 heterocycles. The number of non-ortho nitro benzene ring substituents is 1. The molecule has 1 aliphatic heterocycles. The van der Waals surface area contributed by atoms with Crippen LogP contribution in [0.2, 0.25) is 0 Å². The first kappa shape index (κ1) is 35.8. The highest BCUT2D eigenvalue weighted by atomic mass is 19.4. The summed E-state index contributed by atoms with van der Waals surface area (Å²) in [6.07, 6.45) is -4.83. The number of hydrogen-bond acceptors (Lipinski definition) is 11. The Labute approximate surface area is 263 Å². The van der Waals surface area contributed by atoms with Gasteiger partial charge < -0.3 is 34.7 Å². The first-order valence-electron chi connectivity index (χ1n) is 14.2. The fourth-order valence-corrected chi connectivity index (χ4v) is 4.85. The minimum atomic E-state index is -5.08. The lowest BCUT2D eigenvalue weighted by molar-refractivity contribution is -0.384. The van der Waals surface area contributed by atoms with Crippen LogP contribution in [0.5, 0.6) is 11.5 Å². The zero-order valence-corrected chi connectivity index (χ0v) is 25.7. The second-order valence-electron chi connectivity index (χ2n) is 10.3. The molecule has 2 atom stereocenters. The van der Waals surface area contributed by atoms with Gasteiger partial charge in [-0.2, -0.15) is 13.2 Å². The number of alkyl halides is 3. The maximum atomic E-state index is 14.2. The van der Waals surface area contributed by atoms with Crippen LogP contribution >= 0.6 is 0 Å². The predicted molar refractivity (Wildman–Crippen MR) is 159 cm³/mol. The SMILES string of the molecule is COC(=O)C1=C(C)NC(C(F)(F)F)=C(C(=O)OC)[C@@H]1c1cc([N+](=O)[O-])ccc1OCCCCNC[C@H](O)COc1ccccc1C. The van der Waals surface area contributed by atoms with E-state index in [9.17, 15) is 38.0 Å². The van der Waals surface area contributed by atoms with Gasteiger partial charge in [0, 0.05) is 29.9 Å². The van der Waals surface area contributed by atoms with Gasteiger partial charge in [-0.05, 0) is 50.9 Å². The zero-order valence-electron chi connectivity index (χ0n) is 25.7. The number of aliphatic hydroxyl groups is 1. The number of nitrogens with one attached hydrogen (secondary N) is 2. The lowest BCUT2D eigenvalue weighted by Crippen LogP contribution is -2.38. The molecule has 0 fully saturated rings.